The van der Waals surface area contributed by atoms with Crippen LogP contribution in [0.2, 0.25) is 0 Å². The zero-order valence-corrected chi connectivity index (χ0v) is 18.7. The van der Waals surface area contributed by atoms with Gasteiger partial charge in [0.2, 0.25) is 5.91 Å². The molecule has 1 unspecified atom stereocenters. The first-order valence-electron chi connectivity index (χ1n) is 10.9. The number of ether oxygens (including phenoxy) is 1. The number of aromatic nitrogens is 2. The van der Waals surface area contributed by atoms with E-state index in [1.54, 1.807) is 15.8 Å². The Balaban J connectivity index is 1.36. The first-order chi connectivity index (χ1) is 15.2. The smallest absolute Gasteiger partial charge is 0.410 e. The third kappa shape index (κ3) is 4.92. The molecule has 4 rings (SSSR count). The Bertz CT molecular complexity index is 1000. The molecular weight excluding hydrogens is 410 g/mol. The number of rotatable bonds is 3. The van der Waals surface area contributed by atoms with Crippen LogP contribution >= 0.6 is 0 Å². The van der Waals surface area contributed by atoms with E-state index in [1.165, 1.54) is 0 Å². The second kappa shape index (κ2) is 8.64. The number of piperazine rings is 1. The average molecular weight is 440 g/mol. The Morgan fingerprint density at radius 1 is 1.06 bits per heavy atom. The molecular formula is C23H29N5O4. The van der Waals surface area contributed by atoms with Crippen LogP contribution in [0.3, 0.4) is 0 Å². The van der Waals surface area contributed by atoms with Crippen molar-refractivity contribution in [2.45, 2.75) is 45.3 Å². The van der Waals surface area contributed by atoms with Crippen LogP contribution < -0.4 is 10.2 Å². The van der Waals surface area contributed by atoms with E-state index < -0.39 is 11.6 Å². The number of piperidine rings is 1. The Kier molecular flexibility index (Phi) is 5.90. The molecule has 2 saturated heterocycles. The number of hydrogen-bond acceptors (Lipinski definition) is 6. The molecule has 1 atom stereocenters. The summed E-state index contributed by atoms with van der Waals surface area (Å²) >= 11 is 0. The minimum Gasteiger partial charge on any atom is -0.444 e. The van der Waals surface area contributed by atoms with Gasteiger partial charge < -0.3 is 14.5 Å². The molecule has 0 spiro atoms. The van der Waals surface area contributed by atoms with E-state index in [9.17, 15) is 14.4 Å². The van der Waals surface area contributed by atoms with Gasteiger partial charge >= 0.3 is 6.09 Å². The van der Waals surface area contributed by atoms with Crippen LogP contribution in [0.5, 0.6) is 0 Å². The summed E-state index contributed by atoms with van der Waals surface area (Å²) in [6, 6.07) is 7.72. The standard InChI is InChI=1S/C23H29N5O4/c1-23(2,3)32-22(31)27-12-10-26(11-13-27)18-6-4-16(5-7-18)17-14-24-28(15-17)19-8-9-20(29)25-21(19)30/h4-7,14-15,19H,8-13H2,1-3H3,(H,25,29,30). The van der Waals surface area contributed by atoms with Gasteiger partial charge in [0.15, 0.2) is 0 Å². The maximum absolute atomic E-state index is 12.2. The predicted octanol–water partition coefficient (Wildman–Crippen LogP) is 2.58. The third-order valence-corrected chi connectivity index (χ3v) is 5.63. The molecule has 9 nitrogen and oxygen atoms in total. The number of hydrogen-bond donors (Lipinski definition) is 1. The molecule has 170 valence electrons. The highest BCUT2D eigenvalue weighted by molar-refractivity contribution is 5.99. The molecule has 3 heterocycles. The molecule has 32 heavy (non-hydrogen) atoms. The van der Waals surface area contributed by atoms with Gasteiger partial charge in [-0.2, -0.15) is 5.10 Å². The number of imide groups is 1. The normalized spacial score (nSPS) is 19.7. The maximum Gasteiger partial charge on any atom is 0.410 e. The van der Waals surface area contributed by atoms with Crippen molar-refractivity contribution in [2.75, 3.05) is 31.1 Å². The summed E-state index contributed by atoms with van der Waals surface area (Å²) in [5.41, 5.74) is 2.52. The fraction of sp³-hybridized carbons (Fsp3) is 0.478. The first kappa shape index (κ1) is 21.9. The Morgan fingerprint density at radius 3 is 2.38 bits per heavy atom. The van der Waals surface area contributed by atoms with E-state index in [0.29, 0.717) is 25.9 Å². The number of benzene rings is 1. The molecule has 1 aromatic heterocycles. The number of nitrogens with zero attached hydrogens (tertiary/aromatic N) is 4. The van der Waals surface area contributed by atoms with E-state index in [4.69, 9.17) is 4.74 Å². The summed E-state index contributed by atoms with van der Waals surface area (Å²) in [5.74, 6) is -0.544. The number of amides is 3. The van der Waals surface area contributed by atoms with Crippen molar-refractivity contribution in [2.24, 2.45) is 0 Å². The highest BCUT2D eigenvalue weighted by atomic mass is 16.6. The third-order valence-electron chi connectivity index (χ3n) is 5.63. The van der Waals surface area contributed by atoms with E-state index in [-0.39, 0.29) is 17.9 Å². The monoisotopic (exact) mass is 439 g/mol. The molecule has 9 heteroatoms. The fourth-order valence-electron chi connectivity index (χ4n) is 3.93. The van der Waals surface area contributed by atoms with Gasteiger partial charge in [0.25, 0.3) is 5.91 Å². The molecule has 2 aliphatic heterocycles. The average Bonchev–Trinajstić information content (AvgIpc) is 3.23. The molecule has 2 fully saturated rings. The summed E-state index contributed by atoms with van der Waals surface area (Å²) < 4.78 is 7.09. The van der Waals surface area contributed by atoms with E-state index >= 15 is 0 Å². The van der Waals surface area contributed by atoms with Gasteiger partial charge in [-0.25, -0.2) is 4.79 Å². The van der Waals surface area contributed by atoms with Gasteiger partial charge in [0, 0.05) is 50.0 Å². The Morgan fingerprint density at radius 2 is 1.75 bits per heavy atom. The van der Waals surface area contributed by atoms with E-state index in [1.807, 2.05) is 39.1 Å². The second-order valence-corrected chi connectivity index (χ2v) is 9.18. The molecule has 0 radical (unpaired) electrons. The molecule has 1 N–H and O–H groups in total. The summed E-state index contributed by atoms with van der Waals surface area (Å²) in [6.45, 7) is 8.34. The summed E-state index contributed by atoms with van der Waals surface area (Å²) in [5, 5.41) is 6.70. The lowest BCUT2D eigenvalue weighted by Crippen LogP contribution is -2.50. The van der Waals surface area contributed by atoms with Crippen molar-refractivity contribution in [1.29, 1.82) is 0 Å². The zero-order valence-electron chi connectivity index (χ0n) is 18.7. The van der Waals surface area contributed by atoms with Crippen LogP contribution in [-0.2, 0) is 14.3 Å². The highest BCUT2D eigenvalue weighted by Gasteiger charge is 2.29. The van der Waals surface area contributed by atoms with Crippen molar-refractivity contribution < 1.29 is 19.1 Å². The largest absolute Gasteiger partial charge is 0.444 e. The van der Waals surface area contributed by atoms with Gasteiger partial charge in [0.1, 0.15) is 11.6 Å². The van der Waals surface area contributed by atoms with E-state index in [2.05, 4.69) is 27.4 Å². The summed E-state index contributed by atoms with van der Waals surface area (Å²) in [7, 11) is 0. The molecule has 3 amide bonds. The predicted molar refractivity (Wildman–Crippen MR) is 119 cm³/mol. The lowest BCUT2D eigenvalue weighted by molar-refractivity contribution is -0.135. The van der Waals surface area contributed by atoms with Crippen LogP contribution in [0.15, 0.2) is 36.7 Å². The van der Waals surface area contributed by atoms with Crippen molar-refractivity contribution in [3.63, 3.8) is 0 Å². The van der Waals surface area contributed by atoms with Crippen LogP contribution in [0.25, 0.3) is 11.1 Å². The number of carbonyl (C=O) groups excluding carboxylic acids is 3. The lowest BCUT2D eigenvalue weighted by atomic mass is 10.1. The number of carbonyl (C=O) groups is 3. The van der Waals surface area contributed by atoms with E-state index in [0.717, 1.165) is 29.9 Å². The summed E-state index contributed by atoms with van der Waals surface area (Å²) in [4.78, 5) is 39.7. The second-order valence-electron chi connectivity index (χ2n) is 9.18. The molecule has 0 bridgehead atoms. The molecule has 2 aliphatic rings. The van der Waals surface area contributed by atoms with Gasteiger partial charge in [-0.15, -0.1) is 0 Å². The van der Waals surface area contributed by atoms with Crippen LogP contribution in [0.1, 0.15) is 39.7 Å². The topological polar surface area (TPSA) is 96.8 Å². The van der Waals surface area contributed by atoms with Gasteiger partial charge in [-0.05, 0) is 44.9 Å². The van der Waals surface area contributed by atoms with Crippen molar-refractivity contribution in [1.82, 2.24) is 20.0 Å². The zero-order chi connectivity index (χ0) is 22.9. The highest BCUT2D eigenvalue weighted by Crippen LogP contribution is 2.26. The minimum atomic E-state index is -0.490. The van der Waals surface area contributed by atoms with Crippen molar-refractivity contribution >= 4 is 23.6 Å². The first-order valence-corrected chi connectivity index (χ1v) is 10.9. The van der Waals surface area contributed by atoms with Crippen LogP contribution in [-0.4, -0.2) is 64.4 Å². The van der Waals surface area contributed by atoms with Gasteiger partial charge in [-0.3, -0.25) is 19.6 Å². The SMILES string of the molecule is CC(C)(C)OC(=O)N1CCN(c2ccc(-c3cnn(C4CCC(=O)NC4=O)c3)cc2)CC1. The lowest BCUT2D eigenvalue weighted by Gasteiger charge is -2.36. The Labute approximate surface area is 187 Å². The van der Waals surface area contributed by atoms with Crippen LogP contribution in [0, 0.1) is 0 Å². The molecule has 2 aromatic rings. The van der Waals surface area contributed by atoms with Gasteiger partial charge in [0.05, 0.1) is 6.20 Å². The molecule has 0 saturated carbocycles. The molecule has 0 aliphatic carbocycles. The number of anilines is 1. The minimum absolute atomic E-state index is 0.235. The molecule has 1 aromatic carbocycles. The maximum atomic E-state index is 12.2. The fourth-order valence-corrected chi connectivity index (χ4v) is 3.93. The van der Waals surface area contributed by atoms with Crippen molar-refractivity contribution in [3.8, 4) is 11.1 Å². The van der Waals surface area contributed by atoms with Gasteiger partial charge in [-0.1, -0.05) is 12.1 Å². The van der Waals surface area contributed by atoms with Crippen molar-refractivity contribution in [3.05, 3.63) is 36.7 Å². The number of nitrogens with one attached hydrogen (secondary N) is 1. The summed E-state index contributed by atoms with van der Waals surface area (Å²) in [6.07, 6.45) is 4.09. The Hall–Kier alpha value is -3.36. The van der Waals surface area contributed by atoms with Crippen LogP contribution in [0.4, 0.5) is 10.5 Å². The quantitative estimate of drug-likeness (QED) is 0.739.